The zero-order valence-corrected chi connectivity index (χ0v) is 13.1. The van der Waals surface area contributed by atoms with Crippen LogP contribution in [0.4, 0.5) is 0 Å². The topological polar surface area (TPSA) is 71.3 Å². The van der Waals surface area contributed by atoms with Crippen LogP contribution in [0, 0.1) is 0 Å². The van der Waals surface area contributed by atoms with Gasteiger partial charge in [0.15, 0.2) is 0 Å². The Hall–Kier alpha value is -2.08. The van der Waals surface area contributed by atoms with Gasteiger partial charge in [-0.2, -0.15) is 0 Å². The van der Waals surface area contributed by atoms with Gasteiger partial charge >= 0.3 is 5.97 Å². The van der Waals surface area contributed by atoms with Gasteiger partial charge in [-0.1, -0.05) is 24.3 Å². The van der Waals surface area contributed by atoms with E-state index in [-0.39, 0.29) is 12.3 Å². The van der Waals surface area contributed by atoms with Gasteiger partial charge in [-0.25, -0.2) is 0 Å². The van der Waals surface area contributed by atoms with Crippen LogP contribution in [0.1, 0.15) is 21.6 Å². The highest BCUT2D eigenvalue weighted by Gasteiger charge is 2.12. The largest absolute Gasteiger partial charge is 0.481 e. The Balaban J connectivity index is 2.08. The summed E-state index contributed by atoms with van der Waals surface area (Å²) in [6, 6.07) is 8.93. The number of hydrogen-bond acceptors (Lipinski definition) is 2. The summed E-state index contributed by atoms with van der Waals surface area (Å²) in [5.74, 6) is -1.09. The lowest BCUT2D eigenvalue weighted by atomic mass is 10.0. The fourth-order valence-corrected chi connectivity index (χ4v) is 2.61. The second-order valence-corrected chi connectivity index (χ2v) is 5.59. The molecule has 1 aromatic carbocycles. The van der Waals surface area contributed by atoms with Crippen molar-refractivity contribution in [3.63, 3.8) is 0 Å². The highest BCUT2D eigenvalue weighted by atomic mass is 79.9. The lowest BCUT2D eigenvalue weighted by Gasteiger charge is -2.09. The standard InChI is InChI=1S/C15H15BrN2O3/c1-18-9-12(16)7-13(18)15(21)17-8-11-5-3-2-4-10(11)6-14(19)20/h2-5,7,9H,6,8H2,1H3,(H,17,21)(H,19,20). The molecule has 110 valence electrons. The van der Waals surface area contributed by atoms with Crippen molar-refractivity contribution >= 4 is 27.8 Å². The highest BCUT2D eigenvalue weighted by Crippen LogP contribution is 2.14. The zero-order valence-electron chi connectivity index (χ0n) is 11.5. The number of benzene rings is 1. The normalized spacial score (nSPS) is 10.4. The van der Waals surface area contributed by atoms with Gasteiger partial charge in [0.25, 0.3) is 5.91 Å². The quantitative estimate of drug-likeness (QED) is 0.869. The third kappa shape index (κ3) is 3.95. The molecule has 2 N–H and O–H groups in total. The van der Waals surface area contributed by atoms with E-state index >= 15 is 0 Å². The van der Waals surface area contributed by atoms with Crippen LogP contribution >= 0.6 is 15.9 Å². The molecule has 0 spiro atoms. The molecule has 0 saturated carbocycles. The molecule has 0 radical (unpaired) electrons. The van der Waals surface area contributed by atoms with Crippen LogP contribution in [0.5, 0.6) is 0 Å². The van der Waals surface area contributed by atoms with Crippen molar-refractivity contribution in [1.82, 2.24) is 9.88 Å². The number of rotatable bonds is 5. The molecular weight excluding hydrogens is 336 g/mol. The van der Waals surface area contributed by atoms with E-state index in [2.05, 4.69) is 21.2 Å². The van der Waals surface area contributed by atoms with Gasteiger partial charge in [0.1, 0.15) is 5.69 Å². The molecule has 0 aliphatic rings. The molecule has 0 aliphatic heterocycles. The molecule has 0 saturated heterocycles. The number of aliphatic carboxylic acids is 1. The van der Waals surface area contributed by atoms with E-state index in [1.54, 1.807) is 36.0 Å². The molecule has 1 heterocycles. The summed E-state index contributed by atoms with van der Waals surface area (Å²) in [5, 5.41) is 11.7. The number of aromatic nitrogens is 1. The summed E-state index contributed by atoms with van der Waals surface area (Å²) in [5.41, 5.74) is 2.05. The number of carbonyl (C=O) groups is 2. The van der Waals surface area contributed by atoms with E-state index in [1.807, 2.05) is 12.1 Å². The summed E-state index contributed by atoms with van der Waals surface area (Å²) in [6.07, 6.45) is 1.75. The van der Waals surface area contributed by atoms with Gasteiger partial charge in [0, 0.05) is 24.3 Å². The second-order valence-electron chi connectivity index (χ2n) is 4.68. The van der Waals surface area contributed by atoms with Crippen molar-refractivity contribution < 1.29 is 14.7 Å². The third-order valence-electron chi connectivity index (χ3n) is 3.10. The smallest absolute Gasteiger partial charge is 0.307 e. The molecule has 2 rings (SSSR count). The molecule has 0 unspecified atom stereocenters. The van der Waals surface area contributed by atoms with Gasteiger partial charge in [-0.05, 0) is 33.1 Å². The van der Waals surface area contributed by atoms with Crippen LogP contribution in [0.2, 0.25) is 0 Å². The maximum absolute atomic E-state index is 12.1. The number of carboxylic acids is 1. The Labute approximate surface area is 130 Å². The van der Waals surface area contributed by atoms with Gasteiger partial charge in [0.05, 0.1) is 6.42 Å². The number of nitrogens with one attached hydrogen (secondary N) is 1. The molecule has 0 bridgehead atoms. The first-order valence-corrected chi connectivity index (χ1v) is 7.15. The van der Waals surface area contributed by atoms with Crippen molar-refractivity contribution in [2.24, 2.45) is 7.05 Å². The Kier molecular flexibility index (Phi) is 4.80. The molecule has 1 amide bonds. The molecule has 1 aromatic heterocycles. The number of carbonyl (C=O) groups excluding carboxylic acids is 1. The average Bonchev–Trinajstić information content (AvgIpc) is 2.76. The lowest BCUT2D eigenvalue weighted by Crippen LogP contribution is -2.25. The number of halogens is 1. The number of hydrogen-bond donors (Lipinski definition) is 2. The Morgan fingerprint density at radius 2 is 1.95 bits per heavy atom. The Bertz CT molecular complexity index is 679. The van der Waals surface area contributed by atoms with Crippen LogP contribution in [-0.4, -0.2) is 21.6 Å². The highest BCUT2D eigenvalue weighted by molar-refractivity contribution is 9.10. The minimum Gasteiger partial charge on any atom is -0.481 e. The summed E-state index contributed by atoms with van der Waals surface area (Å²) >= 11 is 3.32. The van der Waals surface area contributed by atoms with Crippen LogP contribution in [-0.2, 0) is 24.8 Å². The second kappa shape index (κ2) is 6.58. The van der Waals surface area contributed by atoms with E-state index in [0.717, 1.165) is 10.0 Å². The first-order chi connectivity index (χ1) is 9.97. The molecule has 0 atom stereocenters. The predicted molar refractivity (Wildman–Crippen MR) is 82.1 cm³/mol. The maximum atomic E-state index is 12.1. The monoisotopic (exact) mass is 350 g/mol. The summed E-state index contributed by atoms with van der Waals surface area (Å²) < 4.78 is 2.56. The summed E-state index contributed by atoms with van der Waals surface area (Å²) in [4.78, 5) is 22.9. The molecule has 5 nitrogen and oxygen atoms in total. The van der Waals surface area contributed by atoms with Gasteiger partial charge in [0.2, 0.25) is 0 Å². The Morgan fingerprint density at radius 3 is 2.52 bits per heavy atom. The Morgan fingerprint density at radius 1 is 1.29 bits per heavy atom. The van der Waals surface area contributed by atoms with E-state index in [0.29, 0.717) is 17.8 Å². The summed E-state index contributed by atoms with van der Waals surface area (Å²) in [6.45, 7) is 0.297. The molecule has 0 aliphatic carbocycles. The van der Waals surface area contributed by atoms with Crippen molar-refractivity contribution in [1.29, 1.82) is 0 Å². The first-order valence-electron chi connectivity index (χ1n) is 6.36. The van der Waals surface area contributed by atoms with E-state index < -0.39 is 5.97 Å². The van der Waals surface area contributed by atoms with Crippen LogP contribution in [0.3, 0.4) is 0 Å². The van der Waals surface area contributed by atoms with Gasteiger partial charge in [-0.15, -0.1) is 0 Å². The van der Waals surface area contributed by atoms with Crippen LogP contribution in [0.25, 0.3) is 0 Å². The number of amides is 1. The van der Waals surface area contributed by atoms with Gasteiger partial charge < -0.3 is 15.0 Å². The number of nitrogens with zero attached hydrogens (tertiary/aromatic N) is 1. The molecular formula is C15H15BrN2O3. The number of carboxylic acid groups (broad SMARTS) is 1. The fourth-order valence-electron chi connectivity index (χ4n) is 2.08. The lowest BCUT2D eigenvalue weighted by molar-refractivity contribution is -0.136. The van der Waals surface area contributed by atoms with E-state index in [1.165, 1.54) is 0 Å². The van der Waals surface area contributed by atoms with Crippen molar-refractivity contribution in [2.45, 2.75) is 13.0 Å². The maximum Gasteiger partial charge on any atom is 0.307 e. The molecule has 2 aromatic rings. The molecule has 21 heavy (non-hydrogen) atoms. The fraction of sp³-hybridized carbons (Fsp3) is 0.200. The summed E-state index contributed by atoms with van der Waals surface area (Å²) in [7, 11) is 1.79. The SMILES string of the molecule is Cn1cc(Br)cc1C(=O)NCc1ccccc1CC(=O)O. The molecule has 0 fully saturated rings. The van der Waals surface area contributed by atoms with Crippen LogP contribution < -0.4 is 5.32 Å². The average molecular weight is 351 g/mol. The molecule has 6 heteroatoms. The van der Waals surface area contributed by atoms with Crippen molar-refractivity contribution in [2.75, 3.05) is 0 Å². The minimum absolute atomic E-state index is 0.0538. The van der Waals surface area contributed by atoms with E-state index in [9.17, 15) is 9.59 Å². The van der Waals surface area contributed by atoms with Crippen molar-refractivity contribution in [3.05, 3.63) is 57.8 Å². The first kappa shape index (κ1) is 15.3. The van der Waals surface area contributed by atoms with Gasteiger partial charge in [-0.3, -0.25) is 9.59 Å². The van der Waals surface area contributed by atoms with Crippen molar-refractivity contribution in [3.8, 4) is 0 Å². The minimum atomic E-state index is -0.889. The third-order valence-corrected chi connectivity index (χ3v) is 3.54. The van der Waals surface area contributed by atoms with E-state index in [4.69, 9.17) is 5.11 Å². The number of aryl methyl sites for hydroxylation is 1. The predicted octanol–water partition coefficient (Wildman–Crippen LogP) is 2.34. The zero-order chi connectivity index (χ0) is 15.4. The van der Waals surface area contributed by atoms with Crippen LogP contribution in [0.15, 0.2) is 41.0 Å².